The van der Waals surface area contributed by atoms with E-state index in [1.54, 1.807) is 55.6 Å². The number of hydrogen-bond donors (Lipinski definition) is 5. The smallest absolute Gasteiger partial charge is 0.335 e. The standard InChI is InChI=1S/C32H28N10O7S/c1-42(15-16-50(47,48)49)32-36-30(33-22-7-11-25(12-8-22)39-38-24-5-3-2-4-6-24)35-31(37-32)34-23-9-13-26(14-10-23)40-41-27-18-20(28(43)44)17-21(19-27)29(45)46/h2-14,17-19H,15-16H2,1H3,(H,43,44)(H,45,46)(H,47,48,49)(H2,33,34,35,36,37). The third-order valence-corrected chi connectivity index (χ3v) is 7.32. The van der Waals surface area contributed by atoms with Crippen molar-refractivity contribution >= 4 is 74.0 Å². The van der Waals surface area contributed by atoms with Crippen molar-refractivity contribution in [1.29, 1.82) is 0 Å². The van der Waals surface area contributed by atoms with Gasteiger partial charge in [0.1, 0.15) is 0 Å². The zero-order chi connectivity index (χ0) is 35.7. The molecule has 0 aliphatic carbocycles. The van der Waals surface area contributed by atoms with Gasteiger partial charge in [0.05, 0.1) is 39.6 Å². The number of rotatable bonds is 14. The first-order chi connectivity index (χ1) is 23.9. The zero-order valence-electron chi connectivity index (χ0n) is 26.1. The molecule has 5 N–H and O–H groups in total. The molecule has 0 aliphatic heterocycles. The number of nitrogens with one attached hydrogen (secondary N) is 2. The summed E-state index contributed by atoms with van der Waals surface area (Å²) < 4.78 is 31.9. The molecule has 0 fully saturated rings. The van der Waals surface area contributed by atoms with Gasteiger partial charge in [-0.2, -0.15) is 43.8 Å². The minimum atomic E-state index is -4.24. The molecule has 0 atom stereocenters. The van der Waals surface area contributed by atoms with E-state index in [4.69, 9.17) is 0 Å². The van der Waals surface area contributed by atoms with Gasteiger partial charge in [0, 0.05) is 25.0 Å². The van der Waals surface area contributed by atoms with Crippen LogP contribution in [0.25, 0.3) is 0 Å². The summed E-state index contributed by atoms with van der Waals surface area (Å²) in [6.07, 6.45) is 0. The maximum atomic E-state index is 11.4. The summed E-state index contributed by atoms with van der Waals surface area (Å²) in [5.74, 6) is -2.81. The van der Waals surface area contributed by atoms with E-state index in [1.165, 1.54) is 17.0 Å². The van der Waals surface area contributed by atoms with Gasteiger partial charge in [-0.15, -0.1) is 0 Å². The van der Waals surface area contributed by atoms with Crippen molar-refractivity contribution in [1.82, 2.24) is 15.0 Å². The number of nitrogens with zero attached hydrogens (tertiary/aromatic N) is 8. The predicted molar refractivity (Wildman–Crippen MR) is 184 cm³/mol. The number of benzene rings is 4. The molecule has 0 spiro atoms. The number of azo groups is 2. The van der Waals surface area contributed by atoms with Gasteiger partial charge in [-0.3, -0.25) is 4.55 Å². The van der Waals surface area contributed by atoms with E-state index in [2.05, 4.69) is 46.0 Å². The Kier molecular flexibility index (Phi) is 10.7. The largest absolute Gasteiger partial charge is 0.478 e. The minimum Gasteiger partial charge on any atom is -0.478 e. The molecule has 0 saturated heterocycles. The molecule has 0 saturated carbocycles. The molecule has 0 aliphatic rings. The molecule has 4 aromatic carbocycles. The number of carboxylic acid groups (broad SMARTS) is 2. The van der Waals surface area contributed by atoms with Gasteiger partial charge in [0.15, 0.2) is 0 Å². The van der Waals surface area contributed by atoms with Gasteiger partial charge in [-0.25, -0.2) is 9.59 Å². The lowest BCUT2D eigenvalue weighted by atomic mass is 10.1. The number of aromatic nitrogens is 3. The van der Waals surface area contributed by atoms with Crippen LogP contribution in [0.1, 0.15) is 20.7 Å². The lowest BCUT2D eigenvalue weighted by Gasteiger charge is -2.18. The van der Waals surface area contributed by atoms with Crippen LogP contribution in [-0.4, -0.2) is 69.4 Å². The molecule has 0 amide bonds. The highest BCUT2D eigenvalue weighted by molar-refractivity contribution is 7.85. The Labute approximate surface area is 284 Å². The lowest BCUT2D eigenvalue weighted by molar-refractivity contribution is 0.0696. The van der Waals surface area contributed by atoms with Crippen LogP contribution < -0.4 is 15.5 Å². The van der Waals surface area contributed by atoms with Crippen LogP contribution in [0.2, 0.25) is 0 Å². The third kappa shape index (κ3) is 10.2. The molecule has 0 unspecified atom stereocenters. The average molecular weight is 697 g/mol. The number of hydrogen-bond acceptors (Lipinski definition) is 14. The van der Waals surface area contributed by atoms with Crippen molar-refractivity contribution in [3.63, 3.8) is 0 Å². The number of aromatic carboxylic acids is 2. The predicted octanol–water partition coefficient (Wildman–Crippen LogP) is 6.91. The van der Waals surface area contributed by atoms with Crippen LogP contribution >= 0.6 is 0 Å². The Balaban J connectivity index is 1.34. The van der Waals surface area contributed by atoms with E-state index in [0.717, 1.165) is 6.07 Å². The van der Waals surface area contributed by atoms with Crippen LogP contribution in [-0.2, 0) is 10.1 Å². The minimum absolute atomic E-state index is 0.0478. The average Bonchev–Trinajstić information content (AvgIpc) is 3.10. The maximum Gasteiger partial charge on any atom is 0.335 e. The van der Waals surface area contributed by atoms with Crippen molar-refractivity contribution in [3.8, 4) is 0 Å². The van der Waals surface area contributed by atoms with Gasteiger partial charge in [-0.05, 0) is 78.9 Å². The van der Waals surface area contributed by atoms with E-state index in [1.807, 2.05) is 30.3 Å². The number of carboxylic acids is 2. The highest BCUT2D eigenvalue weighted by Gasteiger charge is 2.15. The molecule has 1 heterocycles. The molecule has 0 bridgehead atoms. The lowest BCUT2D eigenvalue weighted by Crippen LogP contribution is -2.27. The van der Waals surface area contributed by atoms with Gasteiger partial charge < -0.3 is 25.7 Å². The summed E-state index contributed by atoms with van der Waals surface area (Å²) in [5, 5.41) is 41.2. The Bertz CT molecular complexity index is 2130. The van der Waals surface area contributed by atoms with E-state index in [9.17, 15) is 32.8 Å². The number of anilines is 5. The summed E-state index contributed by atoms with van der Waals surface area (Å²) >= 11 is 0. The normalized spacial score (nSPS) is 11.5. The van der Waals surface area contributed by atoms with E-state index >= 15 is 0 Å². The quantitative estimate of drug-likeness (QED) is 0.0586. The second-order valence-corrected chi connectivity index (χ2v) is 12.0. The molecular weight excluding hydrogens is 668 g/mol. The van der Waals surface area contributed by atoms with E-state index in [0.29, 0.717) is 28.4 Å². The summed E-state index contributed by atoms with van der Waals surface area (Å²) in [7, 11) is -2.68. The molecule has 17 nitrogen and oxygen atoms in total. The molecule has 18 heteroatoms. The Morgan fingerprint density at radius 2 is 1.10 bits per heavy atom. The number of carbonyl (C=O) groups is 2. The SMILES string of the molecule is CN(CCS(=O)(=O)O)c1nc(Nc2ccc(N=Nc3ccccc3)cc2)nc(Nc2ccc(N=Nc3cc(C(=O)O)cc(C(=O)O)c3)cc2)n1. The zero-order valence-corrected chi connectivity index (χ0v) is 26.9. The van der Waals surface area contributed by atoms with Crippen LogP contribution in [0.15, 0.2) is 118 Å². The fraction of sp³-hybridized carbons (Fsp3) is 0.0938. The first-order valence-electron chi connectivity index (χ1n) is 14.6. The topological polar surface area (TPSA) is 244 Å². The highest BCUT2D eigenvalue weighted by Crippen LogP contribution is 2.26. The monoisotopic (exact) mass is 696 g/mol. The van der Waals surface area contributed by atoms with Crippen molar-refractivity contribution in [2.24, 2.45) is 20.5 Å². The molecule has 50 heavy (non-hydrogen) atoms. The molecule has 1 aromatic heterocycles. The van der Waals surface area contributed by atoms with E-state index in [-0.39, 0.29) is 41.2 Å². The van der Waals surface area contributed by atoms with Crippen LogP contribution in [0.4, 0.5) is 52.0 Å². The Hall–Kier alpha value is -6.66. The summed E-state index contributed by atoms with van der Waals surface area (Å²) in [5.41, 5.74) is 2.42. The first kappa shape index (κ1) is 34.7. The van der Waals surface area contributed by atoms with Crippen LogP contribution in [0.5, 0.6) is 0 Å². The molecule has 254 valence electrons. The molecular formula is C32H28N10O7S. The fourth-order valence-corrected chi connectivity index (χ4v) is 4.63. The van der Waals surface area contributed by atoms with E-state index < -0.39 is 27.8 Å². The van der Waals surface area contributed by atoms with Crippen molar-refractivity contribution in [2.45, 2.75) is 0 Å². The van der Waals surface area contributed by atoms with Crippen molar-refractivity contribution in [3.05, 3.63) is 108 Å². The van der Waals surface area contributed by atoms with Gasteiger partial charge in [0.25, 0.3) is 10.1 Å². The maximum absolute atomic E-state index is 11.4. The summed E-state index contributed by atoms with van der Waals surface area (Å²) in [4.78, 5) is 37.4. The first-order valence-corrected chi connectivity index (χ1v) is 16.2. The molecule has 5 rings (SSSR count). The van der Waals surface area contributed by atoms with Gasteiger partial charge >= 0.3 is 11.9 Å². The fourth-order valence-electron chi connectivity index (χ4n) is 4.12. The molecule has 0 radical (unpaired) electrons. The second-order valence-electron chi connectivity index (χ2n) is 10.4. The second kappa shape index (κ2) is 15.5. The highest BCUT2D eigenvalue weighted by atomic mass is 32.2. The molecule has 5 aromatic rings. The Morgan fingerprint density at radius 1 is 0.660 bits per heavy atom. The third-order valence-electron chi connectivity index (χ3n) is 6.63. The van der Waals surface area contributed by atoms with Gasteiger partial charge in [-0.1, -0.05) is 18.2 Å². The van der Waals surface area contributed by atoms with Crippen LogP contribution in [0.3, 0.4) is 0 Å². The Morgan fingerprint density at radius 3 is 1.54 bits per heavy atom. The summed E-state index contributed by atoms with van der Waals surface area (Å²) in [6.45, 7) is -0.105. The van der Waals surface area contributed by atoms with Crippen LogP contribution in [0, 0.1) is 0 Å². The summed E-state index contributed by atoms with van der Waals surface area (Å²) in [6, 6.07) is 26.2. The van der Waals surface area contributed by atoms with Crippen molar-refractivity contribution in [2.75, 3.05) is 34.9 Å². The van der Waals surface area contributed by atoms with Gasteiger partial charge in [0.2, 0.25) is 17.8 Å². The van der Waals surface area contributed by atoms with Crippen molar-refractivity contribution < 1.29 is 32.8 Å².